The Morgan fingerprint density at radius 3 is 2.76 bits per heavy atom. The fourth-order valence-corrected chi connectivity index (χ4v) is 1.40. The molecule has 1 rings (SSSR count). The number of hydrogen-bond acceptors (Lipinski definition) is 2. The van der Waals surface area contributed by atoms with Crippen molar-refractivity contribution in [3.63, 3.8) is 0 Å². The average molecular weight is 231 g/mol. The Bertz CT molecular complexity index is 486. The number of carbonyl (C=O) groups excluding carboxylic acids is 1. The van der Waals surface area contributed by atoms with E-state index in [-0.39, 0.29) is 17.9 Å². The Kier molecular flexibility index (Phi) is 4.29. The van der Waals surface area contributed by atoms with Crippen molar-refractivity contribution in [3.8, 4) is 12.3 Å². The molecule has 4 heteroatoms. The molecular weight excluding hydrogens is 218 g/mol. The molecule has 17 heavy (non-hydrogen) atoms. The van der Waals surface area contributed by atoms with Gasteiger partial charge in [-0.1, -0.05) is 6.07 Å². The van der Waals surface area contributed by atoms with E-state index in [1.807, 2.05) is 0 Å². The number of rotatable bonds is 4. The molecule has 1 amide bonds. The van der Waals surface area contributed by atoms with Crippen molar-refractivity contribution in [1.29, 1.82) is 0 Å². The second-order valence-corrected chi connectivity index (χ2v) is 3.54. The molecule has 0 bridgehead atoms. The van der Waals surface area contributed by atoms with Crippen molar-refractivity contribution in [3.05, 3.63) is 29.3 Å². The molecule has 0 saturated heterocycles. The number of amides is 1. The van der Waals surface area contributed by atoms with E-state index in [4.69, 9.17) is 11.5 Å². The number of benzene rings is 1. The summed E-state index contributed by atoms with van der Waals surface area (Å²) >= 11 is 0. The summed E-state index contributed by atoms with van der Waals surface area (Å²) < 4.78 is 0. The average Bonchev–Trinajstić information content (AvgIpc) is 2.28. The second-order valence-electron chi connectivity index (χ2n) is 3.54. The second kappa shape index (κ2) is 5.71. The van der Waals surface area contributed by atoms with Crippen LogP contribution in [0.4, 0.5) is 5.69 Å². The lowest BCUT2D eigenvalue weighted by molar-refractivity contribution is -0.116. The molecule has 0 aliphatic rings. The van der Waals surface area contributed by atoms with Gasteiger partial charge in [0.1, 0.15) is 0 Å². The van der Waals surface area contributed by atoms with Crippen LogP contribution in [-0.4, -0.2) is 17.0 Å². The monoisotopic (exact) mass is 231 g/mol. The zero-order chi connectivity index (χ0) is 12.8. The first-order valence-electron chi connectivity index (χ1n) is 5.12. The number of nitrogens with one attached hydrogen (secondary N) is 1. The highest BCUT2D eigenvalue weighted by atomic mass is 16.4. The summed E-state index contributed by atoms with van der Waals surface area (Å²) in [5.74, 6) is 1.15. The van der Waals surface area contributed by atoms with Crippen LogP contribution in [0.2, 0.25) is 0 Å². The van der Waals surface area contributed by atoms with Crippen LogP contribution in [0.5, 0.6) is 0 Å². The van der Waals surface area contributed by atoms with E-state index in [1.54, 1.807) is 19.1 Å². The van der Waals surface area contributed by atoms with Gasteiger partial charge < -0.3 is 10.4 Å². The van der Waals surface area contributed by atoms with E-state index in [1.165, 1.54) is 6.07 Å². The predicted molar refractivity (Wildman–Crippen MR) is 64.8 cm³/mol. The number of hydrogen-bond donors (Lipinski definition) is 2. The molecule has 0 aromatic heterocycles. The largest absolute Gasteiger partial charge is 0.478 e. The Morgan fingerprint density at radius 1 is 1.47 bits per heavy atom. The molecule has 2 N–H and O–H groups in total. The Balaban J connectivity index is 2.86. The molecule has 0 aliphatic heterocycles. The van der Waals surface area contributed by atoms with E-state index in [9.17, 15) is 9.59 Å². The molecular formula is C13H13NO3. The molecule has 0 radical (unpaired) electrons. The number of aromatic carboxylic acids is 1. The minimum Gasteiger partial charge on any atom is -0.478 e. The van der Waals surface area contributed by atoms with Gasteiger partial charge in [0.25, 0.3) is 0 Å². The molecule has 0 saturated carbocycles. The number of carbonyl (C=O) groups is 2. The molecule has 0 spiro atoms. The van der Waals surface area contributed by atoms with Crippen LogP contribution in [0.25, 0.3) is 0 Å². The van der Waals surface area contributed by atoms with Gasteiger partial charge in [0.05, 0.1) is 5.56 Å². The number of anilines is 1. The summed E-state index contributed by atoms with van der Waals surface area (Å²) in [7, 11) is 0. The Labute approximate surface area is 99.7 Å². The van der Waals surface area contributed by atoms with Crippen molar-refractivity contribution >= 4 is 17.6 Å². The maximum absolute atomic E-state index is 11.5. The van der Waals surface area contributed by atoms with Crippen LogP contribution in [-0.2, 0) is 4.79 Å². The molecule has 1 aromatic carbocycles. The molecule has 88 valence electrons. The molecule has 4 nitrogen and oxygen atoms in total. The summed E-state index contributed by atoms with van der Waals surface area (Å²) in [6.07, 6.45) is 5.65. The first-order valence-corrected chi connectivity index (χ1v) is 5.12. The van der Waals surface area contributed by atoms with Gasteiger partial charge in [0, 0.05) is 18.5 Å². The van der Waals surface area contributed by atoms with Crippen molar-refractivity contribution in [2.75, 3.05) is 5.32 Å². The van der Waals surface area contributed by atoms with Gasteiger partial charge in [-0.3, -0.25) is 4.79 Å². The van der Waals surface area contributed by atoms with E-state index in [0.717, 1.165) is 0 Å². The Hall–Kier alpha value is -2.28. The highest BCUT2D eigenvalue weighted by Crippen LogP contribution is 2.19. The van der Waals surface area contributed by atoms with Gasteiger partial charge in [-0.25, -0.2) is 4.79 Å². The molecule has 0 unspecified atom stereocenters. The third-order valence-electron chi connectivity index (χ3n) is 2.33. The van der Waals surface area contributed by atoms with Gasteiger partial charge in [-0.15, -0.1) is 12.3 Å². The molecule has 0 fully saturated rings. The first-order chi connectivity index (χ1) is 8.06. The topological polar surface area (TPSA) is 66.4 Å². The van der Waals surface area contributed by atoms with Gasteiger partial charge in [-0.2, -0.15) is 0 Å². The predicted octanol–water partition coefficient (Wildman–Crippen LogP) is 2.05. The van der Waals surface area contributed by atoms with Gasteiger partial charge in [0.15, 0.2) is 0 Å². The highest BCUT2D eigenvalue weighted by molar-refractivity contribution is 5.96. The van der Waals surface area contributed by atoms with Gasteiger partial charge >= 0.3 is 5.97 Å². The van der Waals surface area contributed by atoms with E-state index >= 15 is 0 Å². The Morgan fingerprint density at radius 2 is 2.18 bits per heavy atom. The smallest absolute Gasteiger partial charge is 0.336 e. The lowest BCUT2D eigenvalue weighted by atomic mass is 10.1. The van der Waals surface area contributed by atoms with Gasteiger partial charge in [0.2, 0.25) is 5.91 Å². The first kappa shape index (κ1) is 12.8. The van der Waals surface area contributed by atoms with Gasteiger partial charge in [-0.05, 0) is 24.6 Å². The summed E-state index contributed by atoms with van der Waals surface area (Å²) in [4.78, 5) is 22.3. The lowest BCUT2D eigenvalue weighted by Crippen LogP contribution is -2.13. The van der Waals surface area contributed by atoms with Crippen LogP contribution < -0.4 is 5.32 Å². The van der Waals surface area contributed by atoms with Crippen LogP contribution in [0.15, 0.2) is 18.2 Å². The van der Waals surface area contributed by atoms with Crippen LogP contribution in [0.1, 0.15) is 28.8 Å². The highest BCUT2D eigenvalue weighted by Gasteiger charge is 2.11. The maximum atomic E-state index is 11.5. The summed E-state index contributed by atoms with van der Waals surface area (Å²) in [6, 6.07) is 4.75. The quantitative estimate of drug-likeness (QED) is 0.779. The van der Waals surface area contributed by atoms with Crippen molar-refractivity contribution in [1.82, 2.24) is 0 Å². The summed E-state index contributed by atoms with van der Waals surface area (Å²) in [6.45, 7) is 1.65. The van der Waals surface area contributed by atoms with Crippen LogP contribution >= 0.6 is 0 Å². The third kappa shape index (κ3) is 3.35. The van der Waals surface area contributed by atoms with Crippen LogP contribution in [0.3, 0.4) is 0 Å². The van der Waals surface area contributed by atoms with E-state index in [0.29, 0.717) is 17.7 Å². The standard InChI is InChI=1S/C13H13NO3/c1-3-4-8-12(15)14-11-7-5-6-10(9(11)2)13(16)17/h1,5-7H,4,8H2,2H3,(H,14,15)(H,16,17). The lowest BCUT2D eigenvalue weighted by Gasteiger charge is -2.09. The fourth-order valence-electron chi connectivity index (χ4n) is 1.40. The zero-order valence-corrected chi connectivity index (χ0v) is 9.49. The SMILES string of the molecule is C#CCCC(=O)Nc1cccc(C(=O)O)c1C. The maximum Gasteiger partial charge on any atom is 0.336 e. The minimum atomic E-state index is -1.01. The molecule has 0 atom stereocenters. The number of terminal acetylenes is 1. The fraction of sp³-hybridized carbons (Fsp3) is 0.231. The van der Waals surface area contributed by atoms with E-state index < -0.39 is 5.97 Å². The third-order valence-corrected chi connectivity index (χ3v) is 2.33. The van der Waals surface area contributed by atoms with E-state index in [2.05, 4.69) is 11.2 Å². The van der Waals surface area contributed by atoms with Crippen molar-refractivity contribution in [2.24, 2.45) is 0 Å². The zero-order valence-electron chi connectivity index (χ0n) is 9.49. The normalized spacial score (nSPS) is 9.41. The molecule has 1 aromatic rings. The summed E-state index contributed by atoms with van der Waals surface area (Å²) in [5.41, 5.74) is 1.22. The molecule has 0 aliphatic carbocycles. The minimum absolute atomic E-state index is 0.180. The van der Waals surface area contributed by atoms with Crippen molar-refractivity contribution < 1.29 is 14.7 Å². The van der Waals surface area contributed by atoms with Crippen LogP contribution in [0, 0.1) is 19.3 Å². The molecule has 0 heterocycles. The number of carboxylic acid groups (broad SMARTS) is 1. The number of carboxylic acids is 1. The summed E-state index contributed by atoms with van der Waals surface area (Å²) in [5, 5.41) is 11.6. The van der Waals surface area contributed by atoms with Crippen molar-refractivity contribution in [2.45, 2.75) is 19.8 Å².